The molecule has 0 saturated heterocycles. The summed E-state index contributed by atoms with van der Waals surface area (Å²) >= 11 is 0. The summed E-state index contributed by atoms with van der Waals surface area (Å²) in [4.78, 5) is 0. The van der Waals surface area contributed by atoms with Gasteiger partial charge in [0.2, 0.25) is 0 Å². The van der Waals surface area contributed by atoms with Crippen molar-refractivity contribution in [3.05, 3.63) is 103 Å². The van der Waals surface area contributed by atoms with Crippen LogP contribution in [0, 0.1) is 42.5 Å². The molecular weight excluding hydrogens is 364 g/mol. The van der Waals surface area contributed by atoms with E-state index in [0.717, 1.165) is 0 Å². The summed E-state index contributed by atoms with van der Waals surface area (Å²) in [5, 5.41) is 3.07. The molecule has 0 aliphatic rings. The van der Waals surface area contributed by atoms with Crippen LogP contribution >= 0.6 is 0 Å². The van der Waals surface area contributed by atoms with Gasteiger partial charge in [-0.05, 0) is 0 Å². The predicted molar refractivity (Wildman–Crippen MR) is 117 cm³/mol. The van der Waals surface area contributed by atoms with Gasteiger partial charge < -0.3 is 14.9 Å². The largest absolute Gasteiger partial charge is 3.00 e. The predicted octanol–water partition coefficient (Wildman–Crippen LogP) is 4.66. The number of rotatable bonds is 4. The molecule has 0 amide bonds. The van der Waals surface area contributed by atoms with Crippen LogP contribution < -0.4 is 10.4 Å². The molecule has 0 spiro atoms. The summed E-state index contributed by atoms with van der Waals surface area (Å²) in [5.74, 6) is 0. The molecule has 0 N–H and O–H groups in total. The first kappa shape index (κ1) is 24.7. The molecule has 0 saturated carbocycles. The van der Waals surface area contributed by atoms with Gasteiger partial charge in [0.05, 0.1) is 8.80 Å². The van der Waals surface area contributed by atoms with E-state index >= 15 is 0 Å². The third-order valence-electron chi connectivity index (χ3n) is 5.40. The molecule has 135 valence electrons. The topological polar surface area (TPSA) is 0 Å². The molecule has 26 heavy (non-hydrogen) atoms. The average Bonchev–Trinajstić information content (AvgIpc) is 2.78. The van der Waals surface area contributed by atoms with Crippen LogP contribution in [0.5, 0.6) is 0 Å². The Kier molecular flexibility index (Phi) is 10.2. The van der Waals surface area contributed by atoms with Crippen molar-refractivity contribution in [1.82, 2.24) is 0 Å². The number of hydrogen-bond donors (Lipinski definition) is 0. The number of hydrogen-bond acceptors (Lipinski definition) is 0. The Morgan fingerprint density at radius 2 is 1.00 bits per heavy atom. The van der Waals surface area contributed by atoms with Crippen LogP contribution in [0.3, 0.4) is 0 Å². The first-order chi connectivity index (χ1) is 11.1. The van der Waals surface area contributed by atoms with E-state index < -0.39 is 8.80 Å². The number of benzene rings is 2. The third-order valence-corrected chi connectivity index (χ3v) is 8.60. The van der Waals surface area contributed by atoms with E-state index in [-0.39, 0.29) is 36.6 Å². The molecule has 0 bridgehead atoms. The Labute approximate surface area is 177 Å². The van der Waals surface area contributed by atoms with Crippen LogP contribution in [-0.2, 0) is 27.8 Å². The van der Waals surface area contributed by atoms with Gasteiger partial charge in [0.15, 0.2) is 0 Å². The van der Waals surface area contributed by atoms with Crippen molar-refractivity contribution in [2.75, 3.05) is 0 Å². The van der Waals surface area contributed by atoms with E-state index in [9.17, 15) is 0 Å². The summed E-state index contributed by atoms with van der Waals surface area (Å²) in [7, 11) is -1.24. The zero-order valence-corrected chi connectivity index (χ0v) is 19.8. The molecule has 0 aromatic heterocycles. The van der Waals surface area contributed by atoms with Crippen LogP contribution in [-0.4, -0.2) is 8.80 Å². The summed E-state index contributed by atoms with van der Waals surface area (Å²) in [6.07, 6.45) is 0. The molecule has 3 aromatic carbocycles. The summed E-state index contributed by atoms with van der Waals surface area (Å²) < 4.78 is 0. The molecule has 0 unspecified atom stereocenters. The van der Waals surface area contributed by atoms with Crippen molar-refractivity contribution >= 4 is 19.2 Å². The fourth-order valence-corrected chi connectivity index (χ4v) is 6.86. The van der Waals surface area contributed by atoms with Crippen LogP contribution in [0.25, 0.3) is 0 Å². The first-order valence-electron chi connectivity index (χ1n) is 8.41. The second kappa shape index (κ2) is 10.8. The maximum Gasteiger partial charge on any atom is 3.00 e. The minimum Gasteiger partial charge on any atom is -0.358 e. The molecule has 3 aromatic rings. The van der Waals surface area contributed by atoms with Crippen molar-refractivity contribution in [2.45, 2.75) is 33.7 Å². The first-order valence-corrected chi connectivity index (χ1v) is 10.4. The summed E-state index contributed by atoms with van der Waals surface area (Å²) in [6.45, 7) is 9.13. The molecule has 0 nitrogen and oxygen atoms in total. The standard InChI is InChI=1S/C22H25Si.2CH3.Ti/c1-16-17(2)19(4)22(18(16)3)15-23(20-11-7-5-8-12-20)21-13-9-6-10-14-21;;;/h5-14,23H,15H2,1-4H3;2*1H3;/q3*-1;+3. The van der Waals surface area contributed by atoms with Crippen molar-refractivity contribution in [3.63, 3.8) is 0 Å². The SMILES string of the molecule is Cc1c(C)c(C)[c-](C[SiH](c2ccccc2)c2ccccc2)c1C.[CH3-].[CH3-].[Ti+3]. The molecule has 3 rings (SSSR count). The van der Waals surface area contributed by atoms with Gasteiger partial charge in [0.1, 0.15) is 0 Å². The Balaban J connectivity index is 0.00000208. The molecule has 2 heteroatoms. The second-order valence-electron chi connectivity index (χ2n) is 6.56. The third kappa shape index (κ3) is 4.91. The summed E-state index contributed by atoms with van der Waals surface area (Å²) in [5.41, 5.74) is 7.55. The summed E-state index contributed by atoms with van der Waals surface area (Å²) in [6, 6.07) is 23.4. The van der Waals surface area contributed by atoms with E-state index in [4.69, 9.17) is 0 Å². The average molecular weight is 395 g/mol. The van der Waals surface area contributed by atoms with E-state index in [2.05, 4.69) is 88.4 Å². The fourth-order valence-electron chi connectivity index (χ4n) is 3.61. The normalized spacial score (nSPS) is 9.88. The van der Waals surface area contributed by atoms with Gasteiger partial charge in [-0.15, -0.1) is 0 Å². The van der Waals surface area contributed by atoms with E-state index in [0.29, 0.717) is 0 Å². The smallest absolute Gasteiger partial charge is 0.358 e. The minimum absolute atomic E-state index is 0. The molecule has 0 atom stereocenters. The second-order valence-corrected chi connectivity index (χ2v) is 9.40. The van der Waals surface area contributed by atoms with Crippen LogP contribution in [0.1, 0.15) is 27.8 Å². The molecule has 1 radical (unpaired) electrons. The van der Waals surface area contributed by atoms with Crippen LogP contribution in [0.4, 0.5) is 0 Å². The fraction of sp³-hybridized carbons (Fsp3) is 0.208. The van der Waals surface area contributed by atoms with Crippen molar-refractivity contribution < 1.29 is 21.7 Å². The van der Waals surface area contributed by atoms with Gasteiger partial charge in [0, 0.05) is 0 Å². The van der Waals surface area contributed by atoms with Gasteiger partial charge in [-0.25, -0.2) is 0 Å². The minimum atomic E-state index is -1.24. The van der Waals surface area contributed by atoms with Crippen LogP contribution in [0.2, 0.25) is 0 Å². The quantitative estimate of drug-likeness (QED) is 0.445. The zero-order chi connectivity index (χ0) is 16.4. The maximum atomic E-state index is 2.32. The van der Waals surface area contributed by atoms with Crippen LogP contribution in [0.15, 0.2) is 60.7 Å². The Hall–Kier alpha value is -1.28. The molecule has 0 heterocycles. The van der Waals surface area contributed by atoms with E-state index in [1.807, 2.05) is 0 Å². The maximum absolute atomic E-state index is 2.32. The van der Waals surface area contributed by atoms with Crippen molar-refractivity contribution in [2.24, 2.45) is 0 Å². The van der Waals surface area contributed by atoms with Crippen molar-refractivity contribution in [3.8, 4) is 0 Å². The van der Waals surface area contributed by atoms with Crippen molar-refractivity contribution in [1.29, 1.82) is 0 Å². The molecule has 0 fully saturated rings. The van der Waals surface area contributed by atoms with Gasteiger partial charge in [-0.1, -0.05) is 105 Å². The van der Waals surface area contributed by atoms with Gasteiger partial charge in [0.25, 0.3) is 0 Å². The Bertz CT molecular complexity index is 723. The molecule has 0 aliphatic heterocycles. The van der Waals surface area contributed by atoms with Gasteiger partial charge in [-0.3, -0.25) is 0 Å². The zero-order valence-electron chi connectivity index (χ0n) is 17.1. The van der Waals surface area contributed by atoms with Gasteiger partial charge >= 0.3 is 21.7 Å². The van der Waals surface area contributed by atoms with E-state index in [1.165, 1.54) is 38.7 Å². The monoisotopic (exact) mass is 395 g/mol. The Morgan fingerprint density at radius 3 is 1.35 bits per heavy atom. The van der Waals surface area contributed by atoms with Gasteiger partial charge in [-0.2, -0.15) is 27.8 Å². The molecule has 0 aliphatic carbocycles. The molecular formula is C24H31SiTi. The van der Waals surface area contributed by atoms with E-state index in [1.54, 1.807) is 5.56 Å². The Morgan fingerprint density at radius 1 is 0.654 bits per heavy atom.